The van der Waals surface area contributed by atoms with E-state index in [1.165, 1.54) is 19.6 Å². The summed E-state index contributed by atoms with van der Waals surface area (Å²) in [7, 11) is 0.571. The molecular formula is C5H7BO3. The van der Waals surface area contributed by atoms with Crippen LogP contribution < -0.4 is 5.46 Å². The van der Waals surface area contributed by atoms with E-state index in [1.807, 2.05) is 0 Å². The Morgan fingerprint density at radius 1 is 1.78 bits per heavy atom. The van der Waals surface area contributed by atoms with Crippen LogP contribution in [0.2, 0.25) is 0 Å². The molecule has 1 aromatic heterocycles. The fraction of sp³-hybridized carbons (Fsp3) is 0.200. The smallest absolute Gasteiger partial charge is 0.473 e. The number of hydrogen-bond donors (Lipinski definition) is 1. The van der Waals surface area contributed by atoms with Crippen molar-refractivity contribution in [2.75, 3.05) is 7.11 Å². The molecule has 0 unspecified atom stereocenters. The normalized spacial score (nSPS) is 9.56. The standard InChI is InChI=1S/C5H7BO3/c1-8-6(7)5-2-3-9-4-5/h2-4,7H,1H3. The molecule has 0 amide bonds. The molecule has 1 N–H and O–H groups in total. The van der Waals surface area contributed by atoms with Gasteiger partial charge in [0.2, 0.25) is 0 Å². The molecule has 3 nitrogen and oxygen atoms in total. The van der Waals surface area contributed by atoms with Crippen LogP contribution in [0.1, 0.15) is 0 Å². The van der Waals surface area contributed by atoms with Crippen molar-refractivity contribution in [3.63, 3.8) is 0 Å². The van der Waals surface area contributed by atoms with Gasteiger partial charge in [0.1, 0.15) is 0 Å². The first-order valence-corrected chi connectivity index (χ1v) is 2.57. The largest absolute Gasteiger partial charge is 0.494 e. The van der Waals surface area contributed by atoms with Crippen LogP contribution >= 0.6 is 0 Å². The minimum absolute atomic E-state index is 0.637. The molecule has 0 atom stereocenters. The molecule has 1 rings (SSSR count). The van der Waals surface area contributed by atoms with Gasteiger partial charge in [-0.05, 0) is 6.07 Å². The zero-order valence-electron chi connectivity index (χ0n) is 5.07. The van der Waals surface area contributed by atoms with Crippen molar-refractivity contribution in [1.82, 2.24) is 0 Å². The maximum atomic E-state index is 8.94. The maximum absolute atomic E-state index is 8.94. The van der Waals surface area contributed by atoms with Gasteiger partial charge in [0.25, 0.3) is 0 Å². The first-order valence-electron chi connectivity index (χ1n) is 2.57. The highest BCUT2D eigenvalue weighted by Crippen LogP contribution is 1.85. The number of hydrogen-bond acceptors (Lipinski definition) is 3. The molecule has 0 aromatic carbocycles. The summed E-state index contributed by atoms with van der Waals surface area (Å²) in [5.41, 5.74) is 0.637. The van der Waals surface area contributed by atoms with E-state index in [1.54, 1.807) is 6.07 Å². The van der Waals surface area contributed by atoms with Gasteiger partial charge in [-0.2, -0.15) is 0 Å². The first kappa shape index (κ1) is 6.39. The molecule has 0 saturated carbocycles. The Bertz CT molecular complexity index is 161. The van der Waals surface area contributed by atoms with Gasteiger partial charge in [0.15, 0.2) is 0 Å². The van der Waals surface area contributed by atoms with Gasteiger partial charge in [-0.15, -0.1) is 0 Å². The van der Waals surface area contributed by atoms with E-state index < -0.39 is 7.12 Å². The molecule has 0 aliphatic rings. The Morgan fingerprint density at radius 2 is 2.56 bits per heavy atom. The van der Waals surface area contributed by atoms with Crippen LogP contribution in [0.5, 0.6) is 0 Å². The molecule has 1 heterocycles. The predicted molar refractivity (Wildman–Crippen MR) is 33.3 cm³/mol. The monoisotopic (exact) mass is 126 g/mol. The van der Waals surface area contributed by atoms with E-state index in [-0.39, 0.29) is 0 Å². The van der Waals surface area contributed by atoms with Gasteiger partial charge < -0.3 is 14.1 Å². The number of rotatable bonds is 2. The predicted octanol–water partition coefficient (Wildman–Crippen LogP) is -0.387. The summed E-state index contributed by atoms with van der Waals surface area (Å²) in [4.78, 5) is 0. The minimum atomic E-state index is -0.858. The Labute approximate surface area is 53.4 Å². The van der Waals surface area contributed by atoms with Crippen LogP contribution in [-0.4, -0.2) is 19.3 Å². The molecule has 0 radical (unpaired) electrons. The van der Waals surface area contributed by atoms with Gasteiger partial charge in [-0.25, -0.2) is 0 Å². The third-order valence-electron chi connectivity index (χ3n) is 1.05. The van der Waals surface area contributed by atoms with E-state index in [2.05, 4.69) is 4.65 Å². The highest BCUT2D eigenvalue weighted by molar-refractivity contribution is 6.59. The first-order chi connectivity index (χ1) is 4.34. The third-order valence-corrected chi connectivity index (χ3v) is 1.05. The molecule has 0 fully saturated rings. The summed E-state index contributed by atoms with van der Waals surface area (Å²) in [6, 6.07) is 1.65. The van der Waals surface area contributed by atoms with Crippen LogP contribution in [-0.2, 0) is 4.65 Å². The summed E-state index contributed by atoms with van der Waals surface area (Å²) >= 11 is 0. The molecule has 0 aliphatic heterocycles. The van der Waals surface area contributed by atoms with Crippen molar-refractivity contribution < 1.29 is 14.1 Å². The van der Waals surface area contributed by atoms with E-state index >= 15 is 0 Å². The quantitative estimate of drug-likeness (QED) is 0.549. The van der Waals surface area contributed by atoms with Crippen molar-refractivity contribution in [2.45, 2.75) is 0 Å². The van der Waals surface area contributed by atoms with Crippen molar-refractivity contribution in [3.05, 3.63) is 18.6 Å². The Morgan fingerprint density at radius 3 is 3.00 bits per heavy atom. The van der Waals surface area contributed by atoms with E-state index in [0.29, 0.717) is 5.46 Å². The third kappa shape index (κ3) is 1.34. The van der Waals surface area contributed by atoms with Crippen molar-refractivity contribution in [1.29, 1.82) is 0 Å². The summed E-state index contributed by atoms with van der Waals surface area (Å²) in [6.45, 7) is 0. The molecule has 1 aromatic rings. The molecule has 0 aliphatic carbocycles. The number of furan rings is 1. The van der Waals surface area contributed by atoms with Crippen molar-refractivity contribution >= 4 is 12.6 Å². The molecule has 48 valence electrons. The lowest BCUT2D eigenvalue weighted by Crippen LogP contribution is -2.30. The zero-order chi connectivity index (χ0) is 6.69. The average Bonchev–Trinajstić information content (AvgIpc) is 2.37. The Balaban J connectivity index is 2.65. The molecule has 0 bridgehead atoms. The van der Waals surface area contributed by atoms with Crippen molar-refractivity contribution in [3.8, 4) is 0 Å². The molecule has 0 spiro atoms. The summed E-state index contributed by atoms with van der Waals surface area (Å²) in [5, 5.41) is 8.94. The highest BCUT2D eigenvalue weighted by Gasteiger charge is 2.14. The molecule has 0 saturated heterocycles. The Kier molecular flexibility index (Phi) is 1.92. The lowest BCUT2D eigenvalue weighted by atomic mass is 9.82. The highest BCUT2D eigenvalue weighted by atomic mass is 16.5. The summed E-state index contributed by atoms with van der Waals surface area (Å²) in [6.07, 6.45) is 2.92. The van der Waals surface area contributed by atoms with Gasteiger partial charge in [0.05, 0.1) is 12.5 Å². The van der Waals surface area contributed by atoms with Crippen LogP contribution in [0, 0.1) is 0 Å². The second-order valence-corrected chi connectivity index (χ2v) is 1.64. The zero-order valence-corrected chi connectivity index (χ0v) is 5.07. The molecular weight excluding hydrogens is 119 g/mol. The lowest BCUT2D eigenvalue weighted by molar-refractivity contribution is 0.341. The second kappa shape index (κ2) is 2.71. The molecule has 9 heavy (non-hydrogen) atoms. The van der Waals surface area contributed by atoms with Crippen LogP contribution in [0.15, 0.2) is 23.0 Å². The summed E-state index contributed by atoms with van der Waals surface area (Å²) in [5.74, 6) is 0. The average molecular weight is 126 g/mol. The van der Waals surface area contributed by atoms with Gasteiger partial charge in [-0.1, -0.05) is 0 Å². The second-order valence-electron chi connectivity index (χ2n) is 1.64. The van der Waals surface area contributed by atoms with Crippen LogP contribution in [0.25, 0.3) is 0 Å². The van der Waals surface area contributed by atoms with Crippen LogP contribution in [0.4, 0.5) is 0 Å². The topological polar surface area (TPSA) is 42.6 Å². The fourth-order valence-corrected chi connectivity index (χ4v) is 0.552. The lowest BCUT2D eigenvalue weighted by Gasteiger charge is -1.95. The van der Waals surface area contributed by atoms with Gasteiger partial charge >= 0.3 is 7.12 Å². The van der Waals surface area contributed by atoms with Gasteiger partial charge in [0, 0.05) is 12.6 Å². The van der Waals surface area contributed by atoms with E-state index in [0.717, 1.165) is 0 Å². The Hall–Kier alpha value is -0.735. The van der Waals surface area contributed by atoms with Crippen LogP contribution in [0.3, 0.4) is 0 Å². The maximum Gasteiger partial charge on any atom is 0.494 e. The molecule has 4 heteroatoms. The fourth-order valence-electron chi connectivity index (χ4n) is 0.552. The van der Waals surface area contributed by atoms with E-state index in [9.17, 15) is 0 Å². The minimum Gasteiger partial charge on any atom is -0.473 e. The SMILES string of the molecule is COB(O)c1ccoc1. The van der Waals surface area contributed by atoms with E-state index in [4.69, 9.17) is 9.44 Å². The van der Waals surface area contributed by atoms with Crippen molar-refractivity contribution in [2.24, 2.45) is 0 Å². The summed E-state index contributed by atoms with van der Waals surface area (Å²) < 4.78 is 9.29. The van der Waals surface area contributed by atoms with Gasteiger partial charge in [-0.3, -0.25) is 0 Å².